The highest BCUT2D eigenvalue weighted by Gasteiger charge is 2.19. The summed E-state index contributed by atoms with van der Waals surface area (Å²) in [6.07, 6.45) is 2.61. The van der Waals surface area contributed by atoms with Crippen LogP contribution in [0.25, 0.3) is 22.5 Å². The van der Waals surface area contributed by atoms with Crippen molar-refractivity contribution in [3.8, 4) is 28.3 Å². The van der Waals surface area contributed by atoms with Gasteiger partial charge in [-0.25, -0.2) is 19.2 Å². The number of aromatic amines is 1. The first-order chi connectivity index (χ1) is 18.4. The summed E-state index contributed by atoms with van der Waals surface area (Å²) in [6, 6.07) is 12.0. The predicted molar refractivity (Wildman–Crippen MR) is 144 cm³/mol. The maximum atomic E-state index is 15.7. The van der Waals surface area contributed by atoms with Gasteiger partial charge in [0.15, 0.2) is 5.82 Å². The molecule has 10 nitrogen and oxygen atoms in total. The third-order valence-electron chi connectivity index (χ3n) is 5.64. The zero-order valence-electron chi connectivity index (χ0n) is 21.0. The Hall–Kier alpha value is -4.38. The van der Waals surface area contributed by atoms with Gasteiger partial charge < -0.3 is 25.4 Å². The van der Waals surface area contributed by atoms with Crippen LogP contribution >= 0.6 is 11.6 Å². The van der Waals surface area contributed by atoms with Crippen molar-refractivity contribution in [2.45, 2.75) is 19.5 Å². The number of amides is 1. The second-order valence-corrected chi connectivity index (χ2v) is 8.79. The van der Waals surface area contributed by atoms with E-state index in [4.69, 9.17) is 16.3 Å². The number of benzene rings is 2. The smallest absolute Gasteiger partial charge is 0.407 e. The molecule has 0 saturated carbocycles. The van der Waals surface area contributed by atoms with Gasteiger partial charge in [-0.3, -0.25) is 5.10 Å². The number of halogens is 2. The monoisotopic (exact) mass is 539 g/mol. The molecule has 0 fully saturated rings. The molecular formula is C26H27ClFN7O3. The average molecular weight is 540 g/mol. The molecule has 2 heterocycles. The predicted octanol–water partition coefficient (Wildman–Crippen LogP) is 5.10. The molecule has 2 aromatic heterocycles. The second-order valence-electron chi connectivity index (χ2n) is 8.36. The quantitative estimate of drug-likeness (QED) is 0.219. The molecule has 4 N–H and O–H groups in total. The standard InChI is InChI=1S/C26H27ClFN7O3/c1-15(33-26(36)38-3)12-31-25-29-9-8-21(34-25)20-14-32-35-24(20)19-10-17(27)11-22(23(19)28)30-13-16-4-6-18(37-2)7-5-16/h4-11,14-15,30H,12-13H2,1-3H3,(H,32,35)(H,33,36)(H,29,31,34)/t15-/m0/s1. The van der Waals surface area contributed by atoms with Crippen LogP contribution in [0.15, 0.2) is 54.9 Å². The summed E-state index contributed by atoms with van der Waals surface area (Å²) >= 11 is 6.37. The van der Waals surface area contributed by atoms with E-state index in [2.05, 4.69) is 40.9 Å². The summed E-state index contributed by atoms with van der Waals surface area (Å²) in [5, 5.41) is 16.2. The SMILES string of the molecule is COC(=O)N[C@@H](C)CNc1nccc(-c2cn[nH]c2-c2cc(Cl)cc(NCc3ccc(OC)cc3)c2F)n1. The first-order valence-electron chi connectivity index (χ1n) is 11.7. The number of aromatic nitrogens is 4. The molecule has 1 atom stereocenters. The van der Waals surface area contributed by atoms with Crippen LogP contribution in [0, 0.1) is 5.82 Å². The highest BCUT2D eigenvalue weighted by molar-refractivity contribution is 6.31. The van der Waals surface area contributed by atoms with Crippen molar-refractivity contribution in [1.29, 1.82) is 0 Å². The minimum atomic E-state index is -0.529. The lowest BCUT2D eigenvalue weighted by Gasteiger charge is -2.14. The van der Waals surface area contributed by atoms with Crippen molar-refractivity contribution in [3.05, 3.63) is 71.3 Å². The average Bonchev–Trinajstić information content (AvgIpc) is 3.42. The maximum absolute atomic E-state index is 15.7. The number of nitrogens with zero attached hydrogens (tertiary/aromatic N) is 3. The van der Waals surface area contributed by atoms with E-state index < -0.39 is 11.9 Å². The van der Waals surface area contributed by atoms with Gasteiger partial charge in [0.05, 0.1) is 37.5 Å². The third kappa shape index (κ3) is 6.48. The fourth-order valence-corrected chi connectivity index (χ4v) is 3.89. The molecule has 0 saturated heterocycles. The van der Waals surface area contributed by atoms with Crippen molar-refractivity contribution in [2.75, 3.05) is 31.4 Å². The van der Waals surface area contributed by atoms with E-state index in [0.717, 1.165) is 11.3 Å². The number of carbonyl (C=O) groups is 1. The van der Waals surface area contributed by atoms with E-state index in [1.165, 1.54) is 19.2 Å². The summed E-state index contributed by atoms with van der Waals surface area (Å²) < 4.78 is 25.5. The number of carbonyl (C=O) groups excluding carboxylic acids is 1. The zero-order valence-corrected chi connectivity index (χ0v) is 21.8. The lowest BCUT2D eigenvalue weighted by atomic mass is 10.0. The molecule has 38 heavy (non-hydrogen) atoms. The highest BCUT2D eigenvalue weighted by Crippen LogP contribution is 2.36. The molecule has 0 aliphatic carbocycles. The van der Waals surface area contributed by atoms with Crippen molar-refractivity contribution in [1.82, 2.24) is 25.5 Å². The molecule has 4 rings (SSSR count). The van der Waals surface area contributed by atoms with Crippen LogP contribution in [0.3, 0.4) is 0 Å². The number of hydrogen-bond acceptors (Lipinski definition) is 8. The van der Waals surface area contributed by atoms with Crippen LogP contribution < -0.4 is 20.7 Å². The van der Waals surface area contributed by atoms with Gasteiger partial charge in [-0.1, -0.05) is 23.7 Å². The highest BCUT2D eigenvalue weighted by atomic mass is 35.5. The number of rotatable bonds is 10. The number of anilines is 2. The molecule has 0 aliphatic heterocycles. The summed E-state index contributed by atoms with van der Waals surface area (Å²) in [5.41, 5.74) is 2.95. The number of alkyl carbamates (subject to hydrolysis) is 1. The molecule has 0 radical (unpaired) electrons. The number of hydrogen-bond donors (Lipinski definition) is 4. The molecule has 12 heteroatoms. The summed E-state index contributed by atoms with van der Waals surface area (Å²) in [6.45, 7) is 2.56. The second kappa shape index (κ2) is 12.2. The van der Waals surface area contributed by atoms with Crippen molar-refractivity contribution in [2.24, 2.45) is 0 Å². The van der Waals surface area contributed by atoms with Crippen LogP contribution in [-0.4, -0.2) is 53.1 Å². The van der Waals surface area contributed by atoms with E-state index in [0.29, 0.717) is 41.0 Å². The Balaban J connectivity index is 1.54. The van der Waals surface area contributed by atoms with Gasteiger partial charge in [0.25, 0.3) is 0 Å². The molecule has 0 unspecified atom stereocenters. The zero-order chi connectivity index (χ0) is 27.1. The molecule has 0 aliphatic rings. The van der Waals surface area contributed by atoms with Gasteiger partial charge in [0, 0.05) is 41.5 Å². The minimum absolute atomic E-state index is 0.233. The molecule has 0 bridgehead atoms. The Bertz CT molecular complexity index is 1400. The lowest BCUT2D eigenvalue weighted by molar-refractivity contribution is 0.168. The van der Waals surface area contributed by atoms with Crippen molar-refractivity contribution >= 4 is 29.3 Å². The van der Waals surface area contributed by atoms with Crippen molar-refractivity contribution in [3.63, 3.8) is 0 Å². The molecule has 198 valence electrons. The van der Waals surface area contributed by atoms with Gasteiger partial charge in [-0.15, -0.1) is 0 Å². The first-order valence-corrected chi connectivity index (χ1v) is 12.1. The fourth-order valence-electron chi connectivity index (χ4n) is 3.68. The van der Waals surface area contributed by atoms with Crippen molar-refractivity contribution < 1.29 is 18.7 Å². The summed E-state index contributed by atoms with van der Waals surface area (Å²) in [4.78, 5) is 20.1. The third-order valence-corrected chi connectivity index (χ3v) is 5.85. The molecule has 2 aromatic carbocycles. The van der Waals surface area contributed by atoms with Gasteiger partial charge in [-0.2, -0.15) is 5.10 Å². The normalized spacial score (nSPS) is 11.5. The van der Waals surface area contributed by atoms with E-state index in [1.54, 1.807) is 25.6 Å². The Kier molecular flexibility index (Phi) is 8.59. The number of nitrogens with one attached hydrogen (secondary N) is 4. The molecular weight excluding hydrogens is 513 g/mol. The Morgan fingerprint density at radius 1 is 1.13 bits per heavy atom. The lowest BCUT2D eigenvalue weighted by Crippen LogP contribution is -2.37. The molecule has 1 amide bonds. The minimum Gasteiger partial charge on any atom is -0.497 e. The van der Waals surface area contributed by atoms with E-state index in [9.17, 15) is 4.79 Å². The largest absolute Gasteiger partial charge is 0.497 e. The Labute approximate surface area is 224 Å². The van der Waals surface area contributed by atoms with E-state index in [-0.39, 0.29) is 17.3 Å². The molecule has 4 aromatic rings. The maximum Gasteiger partial charge on any atom is 0.407 e. The van der Waals surface area contributed by atoms with Gasteiger partial charge in [-0.05, 0) is 42.8 Å². The summed E-state index contributed by atoms with van der Waals surface area (Å²) in [5.74, 6) is 0.595. The Morgan fingerprint density at radius 3 is 2.66 bits per heavy atom. The van der Waals surface area contributed by atoms with Crippen LogP contribution in [0.5, 0.6) is 5.75 Å². The topological polar surface area (TPSA) is 126 Å². The van der Waals surface area contributed by atoms with Gasteiger partial charge in [0.1, 0.15) is 5.75 Å². The number of methoxy groups -OCH3 is 2. The summed E-state index contributed by atoms with van der Waals surface area (Å²) in [7, 11) is 2.90. The number of ether oxygens (including phenoxy) is 2. The van der Waals surface area contributed by atoms with Gasteiger partial charge >= 0.3 is 6.09 Å². The van der Waals surface area contributed by atoms with Crippen LogP contribution in [-0.2, 0) is 11.3 Å². The van der Waals surface area contributed by atoms with E-state index >= 15 is 4.39 Å². The first kappa shape index (κ1) is 26.7. The molecule has 0 spiro atoms. The van der Waals surface area contributed by atoms with Crippen LogP contribution in [0.2, 0.25) is 5.02 Å². The fraction of sp³-hybridized carbons (Fsp3) is 0.231. The van der Waals surface area contributed by atoms with Gasteiger partial charge in [0.2, 0.25) is 5.95 Å². The number of H-pyrrole nitrogens is 1. The van der Waals surface area contributed by atoms with Crippen LogP contribution in [0.1, 0.15) is 12.5 Å². The van der Waals surface area contributed by atoms with E-state index in [1.807, 2.05) is 31.2 Å². The Morgan fingerprint density at radius 2 is 1.92 bits per heavy atom. The van der Waals surface area contributed by atoms with Crippen LogP contribution in [0.4, 0.5) is 20.8 Å².